The van der Waals surface area contributed by atoms with Crippen LogP contribution in [0.3, 0.4) is 0 Å². The second-order valence-electron chi connectivity index (χ2n) is 4.33. The summed E-state index contributed by atoms with van der Waals surface area (Å²) in [4.78, 5) is 11.1. The third-order valence-electron chi connectivity index (χ3n) is 2.11. The lowest BCUT2D eigenvalue weighted by Crippen LogP contribution is -2.28. The highest BCUT2D eigenvalue weighted by molar-refractivity contribution is 5.74. The molecule has 18 heavy (non-hydrogen) atoms. The Morgan fingerprint density at radius 3 is 2.56 bits per heavy atom. The molecule has 0 amide bonds. The third-order valence-corrected chi connectivity index (χ3v) is 2.11. The molecule has 2 N–H and O–H groups in total. The fraction of sp³-hybridized carbons (Fsp3) is 0.462. The predicted octanol–water partition coefficient (Wildman–Crippen LogP) is 2.00. The number of carbonyl (C=O) groups excluding carboxylic acids is 1. The summed E-state index contributed by atoms with van der Waals surface area (Å²) in [6.07, 6.45) is -0.0960. The molecular weight excluding hydrogens is 237 g/mol. The molecule has 5 heteroatoms. The van der Waals surface area contributed by atoms with E-state index in [9.17, 15) is 9.18 Å². The molecular formula is C13H18FNO3. The summed E-state index contributed by atoms with van der Waals surface area (Å²) in [5, 5.41) is 0. The number of esters is 1. The van der Waals surface area contributed by atoms with E-state index in [1.165, 1.54) is 19.1 Å². The molecule has 0 radical (unpaired) electrons. The average Bonchev–Trinajstić information content (AvgIpc) is 2.28. The van der Waals surface area contributed by atoms with Crippen LogP contribution in [0.4, 0.5) is 4.39 Å². The maximum atomic E-state index is 13.6. The maximum absolute atomic E-state index is 13.6. The Kier molecular flexibility index (Phi) is 5.09. The molecule has 0 bridgehead atoms. The zero-order valence-corrected chi connectivity index (χ0v) is 10.8. The van der Waals surface area contributed by atoms with Crippen LogP contribution in [0, 0.1) is 5.82 Å². The SMILES string of the molecule is CC(C)Oc1ccc(COC(=O)C(C)N)cc1F. The number of nitrogens with two attached hydrogens (primary N) is 1. The van der Waals surface area contributed by atoms with Crippen molar-refractivity contribution in [1.29, 1.82) is 0 Å². The minimum atomic E-state index is -0.682. The van der Waals surface area contributed by atoms with Gasteiger partial charge in [-0.2, -0.15) is 0 Å². The monoisotopic (exact) mass is 255 g/mol. The average molecular weight is 255 g/mol. The summed E-state index contributed by atoms with van der Waals surface area (Å²) in [7, 11) is 0. The maximum Gasteiger partial charge on any atom is 0.322 e. The summed E-state index contributed by atoms with van der Waals surface area (Å²) < 4.78 is 23.8. The van der Waals surface area contributed by atoms with Crippen molar-refractivity contribution in [3.05, 3.63) is 29.6 Å². The van der Waals surface area contributed by atoms with Crippen molar-refractivity contribution in [2.45, 2.75) is 39.5 Å². The van der Waals surface area contributed by atoms with Gasteiger partial charge in [0.05, 0.1) is 6.10 Å². The Labute approximate surface area is 106 Å². The highest BCUT2D eigenvalue weighted by Crippen LogP contribution is 2.20. The number of hydrogen-bond donors (Lipinski definition) is 1. The van der Waals surface area contributed by atoms with E-state index >= 15 is 0 Å². The van der Waals surface area contributed by atoms with Gasteiger partial charge in [0.1, 0.15) is 12.6 Å². The van der Waals surface area contributed by atoms with E-state index in [-0.39, 0.29) is 18.5 Å². The summed E-state index contributed by atoms with van der Waals surface area (Å²) in [6.45, 7) is 5.16. The quantitative estimate of drug-likeness (QED) is 0.817. The first kappa shape index (κ1) is 14.4. The van der Waals surface area contributed by atoms with Crippen LogP contribution < -0.4 is 10.5 Å². The minimum Gasteiger partial charge on any atom is -0.488 e. The van der Waals surface area contributed by atoms with E-state index in [0.717, 1.165) is 0 Å². The molecule has 0 spiro atoms. The van der Waals surface area contributed by atoms with Gasteiger partial charge in [0.25, 0.3) is 0 Å². The molecule has 1 aromatic rings. The van der Waals surface area contributed by atoms with Gasteiger partial charge in [0.2, 0.25) is 0 Å². The number of rotatable bonds is 5. The van der Waals surface area contributed by atoms with Gasteiger partial charge in [-0.3, -0.25) is 4.79 Å². The van der Waals surface area contributed by atoms with Crippen molar-refractivity contribution in [2.24, 2.45) is 5.73 Å². The molecule has 0 aliphatic carbocycles. The number of hydrogen-bond acceptors (Lipinski definition) is 4. The highest BCUT2D eigenvalue weighted by Gasteiger charge is 2.10. The van der Waals surface area contributed by atoms with Crippen LogP contribution >= 0.6 is 0 Å². The number of carbonyl (C=O) groups is 1. The largest absolute Gasteiger partial charge is 0.488 e. The second-order valence-corrected chi connectivity index (χ2v) is 4.33. The van der Waals surface area contributed by atoms with Gasteiger partial charge in [-0.25, -0.2) is 4.39 Å². The van der Waals surface area contributed by atoms with Crippen molar-refractivity contribution in [1.82, 2.24) is 0 Å². The first-order valence-corrected chi connectivity index (χ1v) is 5.77. The van der Waals surface area contributed by atoms with Gasteiger partial charge in [-0.05, 0) is 38.5 Å². The third kappa shape index (κ3) is 4.33. The van der Waals surface area contributed by atoms with Crippen molar-refractivity contribution in [2.75, 3.05) is 0 Å². The highest BCUT2D eigenvalue weighted by atomic mass is 19.1. The lowest BCUT2D eigenvalue weighted by atomic mass is 10.2. The topological polar surface area (TPSA) is 61.5 Å². The first-order chi connectivity index (χ1) is 8.40. The Balaban J connectivity index is 2.64. The summed E-state index contributed by atoms with van der Waals surface area (Å²) >= 11 is 0. The molecule has 0 aliphatic heterocycles. The molecule has 0 saturated carbocycles. The van der Waals surface area contributed by atoms with E-state index in [2.05, 4.69) is 0 Å². The van der Waals surface area contributed by atoms with Crippen molar-refractivity contribution in [3.8, 4) is 5.75 Å². The number of halogens is 1. The fourth-order valence-corrected chi connectivity index (χ4v) is 1.27. The van der Waals surface area contributed by atoms with Gasteiger partial charge < -0.3 is 15.2 Å². The van der Waals surface area contributed by atoms with Gasteiger partial charge >= 0.3 is 5.97 Å². The summed E-state index contributed by atoms with van der Waals surface area (Å²) in [5.41, 5.74) is 5.89. The molecule has 0 saturated heterocycles. The standard InChI is InChI=1S/C13H18FNO3/c1-8(2)18-12-5-4-10(6-11(12)14)7-17-13(16)9(3)15/h4-6,8-9H,7,15H2,1-3H3. The van der Waals surface area contributed by atoms with Crippen LogP contribution in [-0.2, 0) is 16.1 Å². The summed E-state index contributed by atoms with van der Waals surface area (Å²) in [6, 6.07) is 3.77. The zero-order valence-electron chi connectivity index (χ0n) is 10.8. The van der Waals surface area contributed by atoms with Crippen molar-refractivity contribution >= 4 is 5.97 Å². The second kappa shape index (κ2) is 6.35. The molecule has 0 fully saturated rings. The molecule has 1 aromatic carbocycles. The predicted molar refractivity (Wildman–Crippen MR) is 65.6 cm³/mol. The van der Waals surface area contributed by atoms with Gasteiger partial charge in [-0.1, -0.05) is 6.07 Å². The Morgan fingerprint density at radius 2 is 2.06 bits per heavy atom. The molecule has 1 unspecified atom stereocenters. The number of ether oxygens (including phenoxy) is 2. The van der Waals surface area contributed by atoms with Crippen molar-refractivity contribution < 1.29 is 18.7 Å². The lowest BCUT2D eigenvalue weighted by Gasteiger charge is -2.12. The van der Waals surface area contributed by atoms with Crippen LogP contribution in [-0.4, -0.2) is 18.1 Å². The molecule has 100 valence electrons. The molecule has 0 aliphatic rings. The van der Waals surface area contributed by atoms with E-state index in [4.69, 9.17) is 15.2 Å². The van der Waals surface area contributed by atoms with E-state index in [1.807, 2.05) is 13.8 Å². The normalized spacial score (nSPS) is 12.3. The van der Waals surface area contributed by atoms with E-state index < -0.39 is 17.8 Å². The molecule has 1 rings (SSSR count). The van der Waals surface area contributed by atoms with Crippen LogP contribution in [0.2, 0.25) is 0 Å². The zero-order chi connectivity index (χ0) is 13.7. The Morgan fingerprint density at radius 1 is 1.39 bits per heavy atom. The lowest BCUT2D eigenvalue weighted by molar-refractivity contribution is -0.146. The van der Waals surface area contributed by atoms with Crippen LogP contribution in [0.5, 0.6) is 5.75 Å². The van der Waals surface area contributed by atoms with Gasteiger partial charge in [-0.15, -0.1) is 0 Å². The fourth-order valence-electron chi connectivity index (χ4n) is 1.27. The Hall–Kier alpha value is -1.62. The van der Waals surface area contributed by atoms with Crippen molar-refractivity contribution in [3.63, 3.8) is 0 Å². The van der Waals surface area contributed by atoms with E-state index in [1.54, 1.807) is 6.07 Å². The molecule has 1 atom stereocenters. The first-order valence-electron chi connectivity index (χ1n) is 5.77. The smallest absolute Gasteiger partial charge is 0.322 e. The van der Waals surface area contributed by atoms with Gasteiger partial charge in [0.15, 0.2) is 11.6 Å². The van der Waals surface area contributed by atoms with Gasteiger partial charge in [0, 0.05) is 0 Å². The van der Waals surface area contributed by atoms with Crippen LogP contribution in [0.15, 0.2) is 18.2 Å². The molecule has 0 aromatic heterocycles. The van der Waals surface area contributed by atoms with Crippen LogP contribution in [0.1, 0.15) is 26.3 Å². The van der Waals surface area contributed by atoms with Crippen LogP contribution in [0.25, 0.3) is 0 Å². The van der Waals surface area contributed by atoms with E-state index in [0.29, 0.717) is 5.56 Å². The molecule has 0 heterocycles. The Bertz CT molecular complexity index is 419. The summed E-state index contributed by atoms with van der Waals surface area (Å²) in [5.74, 6) is -0.803. The number of benzene rings is 1. The minimum absolute atomic E-state index is 0.000742. The molecule has 4 nitrogen and oxygen atoms in total.